The minimum Gasteiger partial charge on any atom is -0.482 e. The molecule has 0 aromatic heterocycles. The molecule has 2 rings (SSSR count). The number of hydrazone groups is 1. The van der Waals surface area contributed by atoms with Gasteiger partial charge in [-0.25, -0.2) is 5.43 Å². The molecule has 0 heterocycles. The maximum atomic E-state index is 11.7. The number of carbonyl (C=O) groups excluding carboxylic acids is 1. The van der Waals surface area contributed by atoms with E-state index in [2.05, 4.69) is 10.5 Å². The molecule has 2 aromatic carbocycles. The van der Waals surface area contributed by atoms with Crippen molar-refractivity contribution in [3.63, 3.8) is 0 Å². The molecule has 0 fully saturated rings. The van der Waals surface area contributed by atoms with Crippen LogP contribution in [0.1, 0.15) is 5.56 Å². The van der Waals surface area contributed by atoms with Crippen molar-refractivity contribution in [1.82, 2.24) is 5.43 Å². The number of rotatable bonds is 6. The van der Waals surface area contributed by atoms with E-state index in [9.17, 15) is 4.79 Å². The average Bonchev–Trinajstić information content (AvgIpc) is 2.54. The largest absolute Gasteiger partial charge is 0.482 e. The molecule has 0 aliphatic heterocycles. The van der Waals surface area contributed by atoms with E-state index in [-0.39, 0.29) is 12.5 Å². The van der Waals surface area contributed by atoms with E-state index < -0.39 is 0 Å². The van der Waals surface area contributed by atoms with Crippen LogP contribution < -0.4 is 15.1 Å². The molecule has 7 heteroatoms. The van der Waals surface area contributed by atoms with Gasteiger partial charge in [-0.2, -0.15) is 5.10 Å². The molecular formula is C17H17Cl2N3O2. The van der Waals surface area contributed by atoms with Crippen molar-refractivity contribution in [3.8, 4) is 5.75 Å². The number of halogens is 2. The van der Waals surface area contributed by atoms with Crippen LogP contribution in [0.25, 0.3) is 0 Å². The Morgan fingerprint density at radius 1 is 1.21 bits per heavy atom. The minimum atomic E-state index is -0.387. The van der Waals surface area contributed by atoms with Gasteiger partial charge in [-0.1, -0.05) is 35.3 Å². The molecule has 0 bridgehead atoms. The zero-order valence-electron chi connectivity index (χ0n) is 13.3. The number of hydrogen-bond acceptors (Lipinski definition) is 4. The van der Waals surface area contributed by atoms with Crippen molar-refractivity contribution in [2.24, 2.45) is 5.10 Å². The highest BCUT2D eigenvalue weighted by Gasteiger charge is 2.05. The molecule has 0 unspecified atom stereocenters. The Balaban J connectivity index is 1.82. The zero-order valence-corrected chi connectivity index (χ0v) is 14.8. The maximum absolute atomic E-state index is 11.7. The summed E-state index contributed by atoms with van der Waals surface area (Å²) in [5.74, 6) is 0.00153. The fraction of sp³-hybridized carbons (Fsp3) is 0.176. The second-order valence-corrected chi connectivity index (χ2v) is 5.99. The molecule has 0 atom stereocenters. The lowest BCUT2D eigenvalue weighted by Gasteiger charge is -2.11. The predicted molar refractivity (Wildman–Crippen MR) is 98.5 cm³/mol. The van der Waals surface area contributed by atoms with Crippen LogP contribution >= 0.6 is 23.2 Å². The Morgan fingerprint density at radius 3 is 2.54 bits per heavy atom. The van der Waals surface area contributed by atoms with E-state index in [1.807, 2.05) is 43.3 Å². The van der Waals surface area contributed by atoms with Gasteiger partial charge in [-0.05, 0) is 35.9 Å². The monoisotopic (exact) mass is 365 g/mol. The first kappa shape index (κ1) is 18.1. The summed E-state index contributed by atoms with van der Waals surface area (Å²) in [7, 11) is 3.94. The average molecular weight is 366 g/mol. The van der Waals surface area contributed by atoms with E-state index in [0.29, 0.717) is 15.8 Å². The van der Waals surface area contributed by atoms with Crippen molar-refractivity contribution < 1.29 is 9.53 Å². The lowest BCUT2D eigenvalue weighted by atomic mass is 10.2. The topological polar surface area (TPSA) is 53.9 Å². The Labute approximate surface area is 150 Å². The molecule has 0 aliphatic rings. The van der Waals surface area contributed by atoms with Gasteiger partial charge in [-0.15, -0.1) is 0 Å². The molecule has 0 aliphatic carbocycles. The summed E-state index contributed by atoms with van der Waals surface area (Å²) in [5.41, 5.74) is 4.36. The van der Waals surface area contributed by atoms with Gasteiger partial charge < -0.3 is 9.64 Å². The number of carbonyl (C=O) groups is 1. The highest BCUT2D eigenvalue weighted by Crippen LogP contribution is 2.27. The van der Waals surface area contributed by atoms with Gasteiger partial charge in [0.15, 0.2) is 6.61 Å². The first-order valence-corrected chi connectivity index (χ1v) is 7.88. The summed E-state index contributed by atoms with van der Waals surface area (Å²) < 4.78 is 5.32. The van der Waals surface area contributed by atoms with Gasteiger partial charge in [0.1, 0.15) is 5.75 Å². The fourth-order valence-electron chi connectivity index (χ4n) is 1.81. The van der Waals surface area contributed by atoms with Gasteiger partial charge in [0.05, 0.1) is 11.2 Å². The van der Waals surface area contributed by atoms with Crippen LogP contribution in [0.15, 0.2) is 47.6 Å². The molecule has 126 valence electrons. The van der Waals surface area contributed by atoms with Crippen LogP contribution in [0.3, 0.4) is 0 Å². The number of amides is 1. The maximum Gasteiger partial charge on any atom is 0.277 e. The Kier molecular flexibility index (Phi) is 6.46. The molecule has 5 nitrogen and oxygen atoms in total. The van der Waals surface area contributed by atoms with Crippen LogP contribution in [-0.2, 0) is 4.79 Å². The van der Waals surface area contributed by atoms with Crippen molar-refractivity contribution in [3.05, 3.63) is 58.1 Å². The lowest BCUT2D eigenvalue weighted by Crippen LogP contribution is -2.24. The van der Waals surface area contributed by atoms with Crippen molar-refractivity contribution in [1.29, 1.82) is 0 Å². The number of ether oxygens (including phenoxy) is 1. The van der Waals surface area contributed by atoms with Crippen molar-refractivity contribution in [2.75, 3.05) is 25.6 Å². The van der Waals surface area contributed by atoms with Crippen LogP contribution in [0, 0.1) is 0 Å². The Morgan fingerprint density at radius 2 is 1.92 bits per heavy atom. The highest BCUT2D eigenvalue weighted by molar-refractivity contribution is 6.35. The highest BCUT2D eigenvalue weighted by atomic mass is 35.5. The standard InChI is InChI=1S/C17H17Cl2N3O2/c1-22(2)14-6-3-12(4-7-14)10-20-21-17(23)11-24-16-8-5-13(18)9-15(16)19/h3-10H,11H2,1-2H3,(H,21,23)/b20-10-. The van der Waals surface area contributed by atoms with Gasteiger partial charge in [-0.3, -0.25) is 4.79 Å². The molecule has 1 amide bonds. The van der Waals surface area contributed by atoms with Gasteiger partial charge in [0.2, 0.25) is 0 Å². The third kappa shape index (κ3) is 5.44. The van der Waals surface area contributed by atoms with E-state index in [1.165, 1.54) is 0 Å². The summed E-state index contributed by atoms with van der Waals surface area (Å²) in [5, 5.41) is 4.74. The second-order valence-electron chi connectivity index (χ2n) is 5.14. The summed E-state index contributed by atoms with van der Waals surface area (Å²) in [6.07, 6.45) is 1.56. The Hall–Kier alpha value is -2.24. The van der Waals surface area contributed by atoms with Crippen molar-refractivity contribution in [2.45, 2.75) is 0 Å². The molecule has 0 radical (unpaired) electrons. The fourth-order valence-corrected chi connectivity index (χ4v) is 2.27. The van der Waals surface area contributed by atoms with Gasteiger partial charge in [0.25, 0.3) is 5.91 Å². The first-order chi connectivity index (χ1) is 11.5. The molecule has 24 heavy (non-hydrogen) atoms. The third-order valence-corrected chi connectivity index (χ3v) is 3.60. The number of benzene rings is 2. The first-order valence-electron chi connectivity index (χ1n) is 7.13. The summed E-state index contributed by atoms with van der Waals surface area (Å²) in [6.45, 7) is -0.196. The van der Waals surface area contributed by atoms with Crippen LogP contribution in [0.5, 0.6) is 5.75 Å². The number of hydrogen-bond donors (Lipinski definition) is 1. The molecule has 0 saturated carbocycles. The zero-order chi connectivity index (χ0) is 17.5. The third-order valence-electron chi connectivity index (χ3n) is 3.07. The SMILES string of the molecule is CN(C)c1ccc(/C=N\NC(=O)COc2ccc(Cl)cc2Cl)cc1. The van der Waals surface area contributed by atoms with Crippen LogP contribution in [-0.4, -0.2) is 32.8 Å². The van der Waals surface area contributed by atoms with E-state index >= 15 is 0 Å². The normalized spacial score (nSPS) is 10.7. The quantitative estimate of drug-likeness (QED) is 0.628. The summed E-state index contributed by atoms with van der Waals surface area (Å²) in [6, 6.07) is 12.5. The molecule has 2 aromatic rings. The summed E-state index contributed by atoms with van der Waals surface area (Å²) in [4.78, 5) is 13.7. The number of anilines is 1. The van der Waals surface area contributed by atoms with Gasteiger partial charge in [0, 0.05) is 24.8 Å². The van der Waals surface area contributed by atoms with E-state index in [1.54, 1.807) is 24.4 Å². The van der Waals surface area contributed by atoms with Crippen LogP contribution in [0.4, 0.5) is 5.69 Å². The van der Waals surface area contributed by atoms with Gasteiger partial charge >= 0.3 is 0 Å². The van der Waals surface area contributed by atoms with Crippen molar-refractivity contribution >= 4 is 41.0 Å². The van der Waals surface area contributed by atoms with Crippen LogP contribution in [0.2, 0.25) is 10.0 Å². The Bertz CT molecular complexity index is 731. The minimum absolute atomic E-state index is 0.196. The smallest absolute Gasteiger partial charge is 0.277 e. The second kappa shape index (κ2) is 8.57. The molecule has 0 saturated heterocycles. The van der Waals surface area contributed by atoms with E-state index in [0.717, 1.165) is 11.3 Å². The predicted octanol–water partition coefficient (Wildman–Crippen LogP) is 3.59. The molecule has 0 spiro atoms. The molecular weight excluding hydrogens is 349 g/mol. The molecule has 1 N–H and O–H groups in total. The summed E-state index contributed by atoms with van der Waals surface area (Å²) >= 11 is 11.8. The number of nitrogens with one attached hydrogen (secondary N) is 1. The number of nitrogens with zero attached hydrogens (tertiary/aromatic N) is 2. The lowest BCUT2D eigenvalue weighted by molar-refractivity contribution is -0.123. The van der Waals surface area contributed by atoms with E-state index in [4.69, 9.17) is 27.9 Å².